The number of rotatable bonds is 23. The van der Waals surface area contributed by atoms with Gasteiger partial charge in [-0.05, 0) is 30.4 Å². The van der Waals surface area contributed by atoms with Crippen molar-refractivity contribution in [3.8, 4) is 0 Å². The van der Waals surface area contributed by atoms with Crippen molar-refractivity contribution in [3.63, 3.8) is 0 Å². The molecule has 0 bridgehead atoms. The van der Waals surface area contributed by atoms with E-state index in [1.165, 1.54) is 114 Å². The van der Waals surface area contributed by atoms with E-state index >= 15 is 0 Å². The van der Waals surface area contributed by atoms with Crippen LogP contribution in [0.25, 0.3) is 0 Å². The zero-order valence-corrected chi connectivity index (χ0v) is 27.0. The lowest BCUT2D eigenvalue weighted by molar-refractivity contribution is -0.00373. The standard InChI is InChI=1S/C39H62N2/c1-4-7-9-10-11-12-13-14-15-16-17-18-26-32-41-34-33-40(31-25-8-5-2)39(41,35-36-27-21-19-22-28-36)38(6-3)37-29-23-20-24-30-37/h19-24,27-30,33-34,38H,4-18,25-26,31-32,35H2,1-3H3. The zero-order chi connectivity index (χ0) is 29.0. The summed E-state index contributed by atoms with van der Waals surface area (Å²) in [5.74, 6) is 0.447. The number of nitrogens with zero attached hydrogens (tertiary/aromatic N) is 2. The molecule has 2 nitrogen and oxygen atoms in total. The van der Waals surface area contributed by atoms with Crippen molar-refractivity contribution in [2.75, 3.05) is 13.1 Å². The second kappa shape index (κ2) is 19.8. The van der Waals surface area contributed by atoms with Crippen LogP contribution in [0.1, 0.15) is 147 Å². The Kier molecular flexibility index (Phi) is 16.1. The van der Waals surface area contributed by atoms with Crippen LogP contribution in [0.5, 0.6) is 0 Å². The highest BCUT2D eigenvalue weighted by Gasteiger charge is 2.49. The fourth-order valence-electron chi connectivity index (χ4n) is 7.09. The average molecular weight is 559 g/mol. The van der Waals surface area contributed by atoms with Gasteiger partial charge in [-0.2, -0.15) is 0 Å². The maximum absolute atomic E-state index is 2.76. The molecule has 1 aliphatic rings. The Morgan fingerprint density at radius 1 is 0.512 bits per heavy atom. The molecule has 2 heteroatoms. The quantitative estimate of drug-likeness (QED) is 0.125. The predicted octanol–water partition coefficient (Wildman–Crippen LogP) is 11.5. The van der Waals surface area contributed by atoms with Crippen LogP contribution in [0.3, 0.4) is 0 Å². The SMILES string of the molecule is CCCCCCCCCCCCCCCN1C=CN(CCCCC)C1(Cc1ccccc1)C(CC)c1ccccc1. The minimum atomic E-state index is -0.0532. The third-order valence-corrected chi connectivity index (χ3v) is 9.40. The second-order valence-electron chi connectivity index (χ2n) is 12.5. The van der Waals surface area contributed by atoms with E-state index in [1.54, 1.807) is 0 Å². The van der Waals surface area contributed by atoms with Gasteiger partial charge in [0.15, 0.2) is 0 Å². The van der Waals surface area contributed by atoms with Crippen molar-refractivity contribution in [1.82, 2.24) is 9.80 Å². The maximum Gasteiger partial charge on any atom is 0.123 e. The first-order chi connectivity index (χ1) is 20.3. The van der Waals surface area contributed by atoms with Crippen molar-refractivity contribution in [2.45, 2.75) is 148 Å². The van der Waals surface area contributed by atoms with Gasteiger partial charge in [-0.25, -0.2) is 0 Å². The summed E-state index contributed by atoms with van der Waals surface area (Å²) in [6, 6.07) is 22.6. The minimum absolute atomic E-state index is 0.0532. The lowest BCUT2D eigenvalue weighted by atomic mass is 9.78. The largest absolute Gasteiger partial charge is 0.353 e. The van der Waals surface area contributed by atoms with E-state index < -0.39 is 0 Å². The Labute approximate surface area is 254 Å². The van der Waals surface area contributed by atoms with Crippen molar-refractivity contribution in [3.05, 3.63) is 84.2 Å². The number of hydrogen-bond acceptors (Lipinski definition) is 2. The first-order valence-electron chi connectivity index (χ1n) is 17.6. The molecule has 3 rings (SSSR count). The van der Waals surface area contributed by atoms with Crippen LogP contribution < -0.4 is 0 Å². The Bertz CT molecular complexity index is 923. The number of unbranched alkanes of at least 4 members (excludes halogenated alkanes) is 14. The molecule has 2 unspecified atom stereocenters. The van der Waals surface area contributed by atoms with Gasteiger partial charge in [-0.15, -0.1) is 0 Å². The van der Waals surface area contributed by atoms with Crippen LogP contribution in [0.15, 0.2) is 73.1 Å². The summed E-state index contributed by atoms with van der Waals surface area (Å²) in [6.45, 7) is 9.30. The van der Waals surface area contributed by atoms with Gasteiger partial charge in [0.25, 0.3) is 0 Å². The Morgan fingerprint density at radius 3 is 1.41 bits per heavy atom. The molecule has 2 aromatic rings. The Balaban J connectivity index is 1.62. The highest BCUT2D eigenvalue weighted by atomic mass is 15.4. The third-order valence-electron chi connectivity index (χ3n) is 9.40. The van der Waals surface area contributed by atoms with Gasteiger partial charge in [-0.3, -0.25) is 0 Å². The van der Waals surface area contributed by atoms with Gasteiger partial charge in [0.05, 0.1) is 0 Å². The van der Waals surface area contributed by atoms with E-state index in [2.05, 4.69) is 104 Å². The molecule has 0 fully saturated rings. The van der Waals surface area contributed by atoms with Crippen LogP contribution >= 0.6 is 0 Å². The van der Waals surface area contributed by atoms with Gasteiger partial charge in [0.2, 0.25) is 0 Å². The molecule has 0 radical (unpaired) electrons. The molecular formula is C39H62N2. The lowest BCUT2D eigenvalue weighted by Crippen LogP contribution is -2.59. The molecule has 0 spiro atoms. The smallest absolute Gasteiger partial charge is 0.123 e. The van der Waals surface area contributed by atoms with Crippen LogP contribution in [0.4, 0.5) is 0 Å². The zero-order valence-electron chi connectivity index (χ0n) is 27.0. The van der Waals surface area contributed by atoms with Crippen LogP contribution in [-0.2, 0) is 6.42 Å². The van der Waals surface area contributed by atoms with Crippen molar-refractivity contribution in [2.24, 2.45) is 0 Å². The molecule has 41 heavy (non-hydrogen) atoms. The van der Waals surface area contributed by atoms with E-state index in [9.17, 15) is 0 Å². The summed E-state index contributed by atoms with van der Waals surface area (Å²) in [5, 5.41) is 0. The van der Waals surface area contributed by atoms with E-state index in [1.807, 2.05) is 0 Å². The fraction of sp³-hybridized carbons (Fsp3) is 0.641. The molecule has 2 aromatic carbocycles. The summed E-state index contributed by atoms with van der Waals surface area (Å²) in [4.78, 5) is 5.49. The van der Waals surface area contributed by atoms with Gasteiger partial charge in [0.1, 0.15) is 5.66 Å². The number of benzene rings is 2. The fourth-order valence-corrected chi connectivity index (χ4v) is 7.09. The van der Waals surface area contributed by atoms with E-state index in [0.29, 0.717) is 5.92 Å². The molecule has 1 aliphatic heterocycles. The maximum atomic E-state index is 2.76. The van der Waals surface area contributed by atoms with E-state index in [-0.39, 0.29) is 5.66 Å². The summed E-state index contributed by atoms with van der Waals surface area (Å²) in [5.41, 5.74) is 2.87. The molecule has 1 heterocycles. The molecule has 0 aliphatic carbocycles. The molecule has 0 N–H and O–H groups in total. The topological polar surface area (TPSA) is 6.48 Å². The van der Waals surface area contributed by atoms with Crippen molar-refractivity contribution in [1.29, 1.82) is 0 Å². The van der Waals surface area contributed by atoms with Crippen LogP contribution in [-0.4, -0.2) is 28.6 Å². The lowest BCUT2D eigenvalue weighted by Gasteiger charge is -2.51. The number of hydrogen-bond donors (Lipinski definition) is 0. The second-order valence-corrected chi connectivity index (χ2v) is 12.5. The van der Waals surface area contributed by atoms with Gasteiger partial charge >= 0.3 is 0 Å². The van der Waals surface area contributed by atoms with Gasteiger partial charge in [0, 0.05) is 37.8 Å². The van der Waals surface area contributed by atoms with Crippen LogP contribution in [0.2, 0.25) is 0 Å². The van der Waals surface area contributed by atoms with Crippen molar-refractivity contribution < 1.29 is 0 Å². The van der Waals surface area contributed by atoms with Crippen molar-refractivity contribution >= 4 is 0 Å². The first-order valence-corrected chi connectivity index (χ1v) is 17.6. The van der Waals surface area contributed by atoms with Gasteiger partial charge < -0.3 is 9.80 Å². The highest BCUT2D eigenvalue weighted by molar-refractivity contribution is 5.30. The monoisotopic (exact) mass is 558 g/mol. The molecule has 0 amide bonds. The summed E-state index contributed by atoms with van der Waals surface area (Å²) < 4.78 is 0. The van der Waals surface area contributed by atoms with Gasteiger partial charge in [-0.1, -0.05) is 171 Å². The van der Waals surface area contributed by atoms with Crippen LogP contribution in [0, 0.1) is 0 Å². The normalized spacial score (nSPS) is 17.4. The highest BCUT2D eigenvalue weighted by Crippen LogP contribution is 2.45. The minimum Gasteiger partial charge on any atom is -0.353 e. The Morgan fingerprint density at radius 2 is 0.927 bits per heavy atom. The van der Waals surface area contributed by atoms with E-state index in [0.717, 1.165) is 25.9 Å². The molecule has 0 saturated carbocycles. The molecule has 0 saturated heterocycles. The molecule has 228 valence electrons. The molecule has 2 atom stereocenters. The summed E-state index contributed by atoms with van der Waals surface area (Å²) in [7, 11) is 0. The predicted molar refractivity (Wildman–Crippen MR) is 180 cm³/mol. The summed E-state index contributed by atoms with van der Waals surface area (Å²) >= 11 is 0. The Hall–Kier alpha value is -2.22. The third kappa shape index (κ3) is 10.5. The summed E-state index contributed by atoms with van der Waals surface area (Å²) in [6.07, 6.45) is 29.2. The average Bonchev–Trinajstić information content (AvgIpc) is 3.33. The van der Waals surface area contributed by atoms with E-state index in [4.69, 9.17) is 0 Å². The molecule has 0 aromatic heterocycles. The first kappa shape index (κ1) is 33.3. The molecular weight excluding hydrogens is 496 g/mol.